The van der Waals surface area contributed by atoms with Gasteiger partial charge in [0.1, 0.15) is 5.76 Å². The standard InChI is InChI=1S/C16H17NO3/c1-10-4-5-11(9-18)7-14(10)17-16(19)13-8-12(13)15-3-2-6-20-15/h2-7,12-13,18H,8-9H2,1H3,(H,17,19). The minimum atomic E-state index is -0.0262. The fraction of sp³-hybridized carbons (Fsp3) is 0.312. The molecule has 1 amide bonds. The van der Waals surface area contributed by atoms with Gasteiger partial charge in [-0.05, 0) is 42.7 Å². The first-order chi connectivity index (χ1) is 9.69. The van der Waals surface area contributed by atoms with E-state index in [-0.39, 0.29) is 24.3 Å². The number of carbonyl (C=O) groups excluding carboxylic acids is 1. The van der Waals surface area contributed by atoms with Gasteiger partial charge in [0.2, 0.25) is 5.91 Å². The molecule has 2 atom stereocenters. The third-order valence-corrected chi connectivity index (χ3v) is 3.78. The lowest BCUT2D eigenvalue weighted by Crippen LogP contribution is -2.15. The van der Waals surface area contributed by atoms with Crippen molar-refractivity contribution in [3.63, 3.8) is 0 Å². The number of aliphatic hydroxyl groups is 1. The second kappa shape index (κ2) is 5.13. The number of aryl methyl sites for hydroxylation is 1. The van der Waals surface area contributed by atoms with E-state index in [1.54, 1.807) is 6.26 Å². The van der Waals surface area contributed by atoms with Crippen LogP contribution in [0.3, 0.4) is 0 Å². The van der Waals surface area contributed by atoms with E-state index in [1.165, 1.54) is 0 Å². The first kappa shape index (κ1) is 12.9. The van der Waals surface area contributed by atoms with Gasteiger partial charge in [0, 0.05) is 17.5 Å². The van der Waals surface area contributed by atoms with E-state index in [0.717, 1.165) is 29.0 Å². The van der Waals surface area contributed by atoms with Crippen molar-refractivity contribution >= 4 is 11.6 Å². The summed E-state index contributed by atoms with van der Waals surface area (Å²) in [6.07, 6.45) is 2.47. The molecule has 104 valence electrons. The van der Waals surface area contributed by atoms with E-state index < -0.39 is 0 Å². The minimum Gasteiger partial charge on any atom is -0.469 e. The zero-order valence-electron chi connectivity index (χ0n) is 11.3. The van der Waals surface area contributed by atoms with E-state index in [1.807, 2.05) is 37.3 Å². The van der Waals surface area contributed by atoms with Crippen LogP contribution < -0.4 is 5.32 Å². The number of aliphatic hydroxyl groups excluding tert-OH is 1. The summed E-state index contributed by atoms with van der Waals surface area (Å²) >= 11 is 0. The Kier molecular flexibility index (Phi) is 3.32. The van der Waals surface area contributed by atoms with Gasteiger partial charge >= 0.3 is 0 Å². The SMILES string of the molecule is Cc1ccc(CO)cc1NC(=O)C1CC1c1ccco1. The number of carbonyl (C=O) groups is 1. The lowest BCUT2D eigenvalue weighted by Gasteiger charge is -2.09. The van der Waals surface area contributed by atoms with Crippen LogP contribution in [0.25, 0.3) is 0 Å². The molecule has 2 aromatic rings. The number of furan rings is 1. The maximum Gasteiger partial charge on any atom is 0.228 e. The molecule has 1 aromatic heterocycles. The molecule has 2 N–H and O–H groups in total. The number of nitrogens with one attached hydrogen (secondary N) is 1. The van der Waals surface area contributed by atoms with Gasteiger partial charge in [-0.2, -0.15) is 0 Å². The number of hydrogen-bond donors (Lipinski definition) is 2. The van der Waals surface area contributed by atoms with Crippen LogP contribution in [-0.2, 0) is 11.4 Å². The van der Waals surface area contributed by atoms with Crippen LogP contribution in [-0.4, -0.2) is 11.0 Å². The summed E-state index contributed by atoms with van der Waals surface area (Å²) < 4.78 is 5.34. The largest absolute Gasteiger partial charge is 0.469 e. The molecule has 1 aromatic carbocycles. The summed E-state index contributed by atoms with van der Waals surface area (Å²) in [6, 6.07) is 9.33. The lowest BCUT2D eigenvalue weighted by molar-refractivity contribution is -0.117. The quantitative estimate of drug-likeness (QED) is 0.898. The normalized spacial score (nSPS) is 20.7. The third-order valence-electron chi connectivity index (χ3n) is 3.78. The number of benzene rings is 1. The van der Waals surface area contributed by atoms with Crippen molar-refractivity contribution in [1.29, 1.82) is 0 Å². The molecule has 0 spiro atoms. The van der Waals surface area contributed by atoms with Gasteiger partial charge in [0.25, 0.3) is 0 Å². The Morgan fingerprint density at radius 1 is 1.45 bits per heavy atom. The van der Waals surface area contributed by atoms with Crippen molar-refractivity contribution in [3.05, 3.63) is 53.5 Å². The topological polar surface area (TPSA) is 62.5 Å². The Morgan fingerprint density at radius 3 is 3.00 bits per heavy atom. The van der Waals surface area contributed by atoms with E-state index in [4.69, 9.17) is 9.52 Å². The molecule has 4 nitrogen and oxygen atoms in total. The predicted octanol–water partition coefficient (Wildman–Crippen LogP) is 2.82. The van der Waals surface area contributed by atoms with Crippen molar-refractivity contribution in [3.8, 4) is 0 Å². The highest BCUT2D eigenvalue weighted by Crippen LogP contribution is 2.48. The van der Waals surface area contributed by atoms with Crippen LogP contribution in [0, 0.1) is 12.8 Å². The van der Waals surface area contributed by atoms with Crippen molar-refractivity contribution in [1.82, 2.24) is 0 Å². The maximum atomic E-state index is 12.2. The average molecular weight is 271 g/mol. The van der Waals surface area contributed by atoms with Gasteiger partial charge in [-0.3, -0.25) is 4.79 Å². The Labute approximate surface area is 117 Å². The Morgan fingerprint density at radius 2 is 2.30 bits per heavy atom. The molecule has 1 aliphatic carbocycles. The second-order valence-corrected chi connectivity index (χ2v) is 5.26. The van der Waals surface area contributed by atoms with Gasteiger partial charge in [0.15, 0.2) is 0 Å². The zero-order valence-corrected chi connectivity index (χ0v) is 11.3. The Hall–Kier alpha value is -2.07. The summed E-state index contributed by atoms with van der Waals surface area (Å²) in [4.78, 5) is 12.2. The summed E-state index contributed by atoms with van der Waals surface area (Å²) in [5.41, 5.74) is 2.56. The molecule has 3 rings (SSSR count). The molecule has 0 radical (unpaired) electrons. The summed E-state index contributed by atoms with van der Waals surface area (Å²) in [6.45, 7) is 1.91. The van der Waals surface area contributed by atoms with Crippen LogP contribution >= 0.6 is 0 Å². The molecule has 0 aliphatic heterocycles. The number of amides is 1. The molecule has 0 saturated heterocycles. The minimum absolute atomic E-state index is 0.0154. The summed E-state index contributed by atoms with van der Waals surface area (Å²) in [5, 5.41) is 12.1. The van der Waals surface area contributed by atoms with Crippen LogP contribution in [0.4, 0.5) is 5.69 Å². The number of anilines is 1. The van der Waals surface area contributed by atoms with Crippen LogP contribution in [0.15, 0.2) is 41.0 Å². The van der Waals surface area contributed by atoms with Gasteiger partial charge < -0.3 is 14.8 Å². The highest BCUT2D eigenvalue weighted by molar-refractivity contribution is 5.95. The molecule has 1 heterocycles. The smallest absolute Gasteiger partial charge is 0.228 e. The molecule has 0 bridgehead atoms. The fourth-order valence-electron chi connectivity index (χ4n) is 2.43. The van der Waals surface area contributed by atoms with Gasteiger partial charge in [-0.1, -0.05) is 12.1 Å². The predicted molar refractivity (Wildman–Crippen MR) is 75.3 cm³/mol. The Balaban J connectivity index is 1.68. The maximum absolute atomic E-state index is 12.2. The van der Waals surface area contributed by atoms with E-state index >= 15 is 0 Å². The van der Waals surface area contributed by atoms with Gasteiger partial charge in [-0.15, -0.1) is 0 Å². The van der Waals surface area contributed by atoms with Gasteiger partial charge in [0.05, 0.1) is 12.9 Å². The number of hydrogen-bond acceptors (Lipinski definition) is 3. The molecule has 2 unspecified atom stereocenters. The first-order valence-electron chi connectivity index (χ1n) is 6.73. The Bertz CT molecular complexity index is 619. The third kappa shape index (κ3) is 2.47. The summed E-state index contributed by atoms with van der Waals surface area (Å²) in [5.74, 6) is 1.08. The molecule has 1 aliphatic rings. The molecule has 1 fully saturated rings. The van der Waals surface area contributed by atoms with Crippen molar-refractivity contribution in [2.45, 2.75) is 25.9 Å². The summed E-state index contributed by atoms with van der Waals surface area (Å²) in [7, 11) is 0. The van der Waals surface area contributed by atoms with E-state index in [0.29, 0.717) is 0 Å². The lowest BCUT2D eigenvalue weighted by atomic mass is 10.1. The van der Waals surface area contributed by atoms with Crippen molar-refractivity contribution in [2.75, 3.05) is 5.32 Å². The van der Waals surface area contributed by atoms with E-state index in [9.17, 15) is 4.79 Å². The van der Waals surface area contributed by atoms with Crippen LogP contribution in [0.5, 0.6) is 0 Å². The fourth-order valence-corrected chi connectivity index (χ4v) is 2.43. The zero-order chi connectivity index (χ0) is 14.1. The highest BCUT2D eigenvalue weighted by Gasteiger charge is 2.45. The highest BCUT2D eigenvalue weighted by atomic mass is 16.3. The second-order valence-electron chi connectivity index (χ2n) is 5.26. The molecular weight excluding hydrogens is 254 g/mol. The van der Waals surface area contributed by atoms with Crippen LogP contribution in [0.1, 0.15) is 29.2 Å². The van der Waals surface area contributed by atoms with Crippen molar-refractivity contribution in [2.24, 2.45) is 5.92 Å². The molecular formula is C16H17NO3. The first-order valence-corrected chi connectivity index (χ1v) is 6.73. The monoisotopic (exact) mass is 271 g/mol. The molecule has 4 heteroatoms. The molecule has 20 heavy (non-hydrogen) atoms. The molecule has 1 saturated carbocycles. The van der Waals surface area contributed by atoms with Crippen LogP contribution in [0.2, 0.25) is 0 Å². The average Bonchev–Trinajstić information content (AvgIpc) is 3.07. The van der Waals surface area contributed by atoms with Gasteiger partial charge in [-0.25, -0.2) is 0 Å². The van der Waals surface area contributed by atoms with E-state index in [2.05, 4.69) is 5.32 Å². The number of rotatable bonds is 4. The van der Waals surface area contributed by atoms with Crippen molar-refractivity contribution < 1.29 is 14.3 Å².